The van der Waals surface area contributed by atoms with Gasteiger partial charge in [0, 0.05) is 24.1 Å². The molecule has 0 aliphatic heterocycles. The molecule has 0 spiro atoms. The van der Waals surface area contributed by atoms with Gasteiger partial charge in [0.25, 0.3) is 5.91 Å². The minimum Gasteiger partial charge on any atom is -0.444 e. The van der Waals surface area contributed by atoms with Crippen LogP contribution in [0.15, 0.2) is 30.5 Å². The Morgan fingerprint density at radius 1 is 1.19 bits per heavy atom. The Balaban J connectivity index is 1.76. The average molecular weight is 498 g/mol. The molecule has 3 rings (SSSR count). The van der Waals surface area contributed by atoms with Crippen LogP contribution in [0, 0.1) is 5.41 Å². The summed E-state index contributed by atoms with van der Waals surface area (Å²) in [6.07, 6.45) is 5.72. The van der Waals surface area contributed by atoms with Crippen LogP contribution < -0.4 is 32.5 Å². The molecular weight excluding hydrogens is 462 g/mol. The van der Waals surface area contributed by atoms with Crippen LogP contribution >= 0.6 is 0 Å². The monoisotopic (exact) mass is 497 g/mol. The van der Waals surface area contributed by atoms with Gasteiger partial charge in [0.15, 0.2) is 0 Å². The summed E-state index contributed by atoms with van der Waals surface area (Å²) in [5.41, 5.74) is 6.49. The van der Waals surface area contributed by atoms with Gasteiger partial charge in [-0.3, -0.25) is 4.79 Å². The quantitative estimate of drug-likeness (QED) is 0.172. The van der Waals surface area contributed by atoms with Gasteiger partial charge in [-0.05, 0) is 57.9 Å². The third-order valence-corrected chi connectivity index (χ3v) is 5.59. The molecule has 8 N–H and O–H groups in total. The van der Waals surface area contributed by atoms with E-state index in [1.807, 2.05) is 20.8 Å². The smallest absolute Gasteiger partial charge is 0.407 e. The van der Waals surface area contributed by atoms with E-state index in [1.54, 1.807) is 24.3 Å². The van der Waals surface area contributed by atoms with Gasteiger partial charge in [-0.1, -0.05) is 12.8 Å². The lowest BCUT2D eigenvalue weighted by Gasteiger charge is -2.33. The largest absolute Gasteiger partial charge is 0.444 e. The number of aromatic nitrogens is 2. The molecular formula is C24H35N9O3. The van der Waals surface area contributed by atoms with Crippen LogP contribution in [0.2, 0.25) is 0 Å². The van der Waals surface area contributed by atoms with Crippen LogP contribution in [0.5, 0.6) is 0 Å². The number of hydrogen-bond acceptors (Lipinski definition) is 10. The molecule has 2 aromatic rings. The van der Waals surface area contributed by atoms with Crippen LogP contribution in [0.1, 0.15) is 56.8 Å². The summed E-state index contributed by atoms with van der Waals surface area (Å²) >= 11 is 0. The number of alkyl carbamates (subject to hydrolysis) is 1. The highest BCUT2D eigenvalue weighted by molar-refractivity contribution is 5.98. The molecule has 1 aromatic heterocycles. The van der Waals surface area contributed by atoms with E-state index >= 15 is 0 Å². The van der Waals surface area contributed by atoms with Gasteiger partial charge in [-0.2, -0.15) is 4.98 Å². The van der Waals surface area contributed by atoms with Crippen molar-refractivity contribution < 1.29 is 14.3 Å². The summed E-state index contributed by atoms with van der Waals surface area (Å²) in [7, 11) is 0. The minimum atomic E-state index is -0.665. The Morgan fingerprint density at radius 2 is 1.86 bits per heavy atom. The first-order chi connectivity index (χ1) is 17.1. The molecule has 1 heterocycles. The van der Waals surface area contributed by atoms with E-state index in [9.17, 15) is 9.59 Å². The van der Waals surface area contributed by atoms with E-state index in [2.05, 4.69) is 25.9 Å². The van der Waals surface area contributed by atoms with Crippen LogP contribution in [0.25, 0.3) is 0 Å². The topological polar surface area (TPSA) is 184 Å². The number of carbonyl (C=O) groups excluding carboxylic acids is 2. The standard InChI is InChI=1S/C24H35N9O3/c1-24(2,3)36-23(35)31-19-7-5-4-6-18(19)30-22-28-14-17(20(26)34)21(32-22)29-15-8-10-16(11-9-15)33(27)13-12-25/h8-12,14,18-19,25H,4-7,13,27H2,1-3H3,(H2,26,34)(H,31,35)(H2,28,29,30,32)/t18-,19+/m1/s1. The summed E-state index contributed by atoms with van der Waals surface area (Å²) < 4.78 is 5.41. The predicted octanol–water partition coefficient (Wildman–Crippen LogP) is 2.90. The molecule has 1 aliphatic rings. The second-order valence-electron chi connectivity index (χ2n) is 9.64. The van der Waals surface area contributed by atoms with Crippen molar-refractivity contribution in [2.24, 2.45) is 11.6 Å². The number of rotatable bonds is 9. The number of ether oxygens (including phenoxy) is 1. The van der Waals surface area contributed by atoms with Gasteiger partial charge in [-0.25, -0.2) is 15.6 Å². The molecule has 194 valence electrons. The van der Waals surface area contributed by atoms with E-state index in [4.69, 9.17) is 21.7 Å². The molecule has 12 heteroatoms. The summed E-state index contributed by atoms with van der Waals surface area (Å²) in [6, 6.07) is 6.86. The lowest BCUT2D eigenvalue weighted by Crippen LogP contribution is -2.50. The number of nitrogens with one attached hydrogen (secondary N) is 4. The van der Waals surface area contributed by atoms with Gasteiger partial charge in [0.1, 0.15) is 17.0 Å². The highest BCUT2D eigenvalue weighted by Gasteiger charge is 2.29. The maximum atomic E-state index is 12.3. The maximum absolute atomic E-state index is 12.3. The van der Waals surface area contributed by atoms with E-state index in [-0.39, 0.29) is 30.0 Å². The minimum absolute atomic E-state index is 0.109. The van der Waals surface area contributed by atoms with Crippen molar-refractivity contribution in [2.45, 2.75) is 64.1 Å². The van der Waals surface area contributed by atoms with E-state index in [0.29, 0.717) is 11.6 Å². The van der Waals surface area contributed by atoms with Gasteiger partial charge < -0.3 is 36.8 Å². The van der Waals surface area contributed by atoms with Crippen molar-refractivity contribution in [1.29, 1.82) is 5.41 Å². The molecule has 2 atom stereocenters. The number of primary amides is 1. The maximum Gasteiger partial charge on any atom is 0.407 e. The van der Waals surface area contributed by atoms with Crippen molar-refractivity contribution in [2.75, 3.05) is 22.2 Å². The number of carbonyl (C=O) groups is 2. The lowest BCUT2D eigenvalue weighted by molar-refractivity contribution is 0.0488. The number of benzene rings is 1. The van der Waals surface area contributed by atoms with E-state index < -0.39 is 17.6 Å². The molecule has 0 unspecified atom stereocenters. The fourth-order valence-electron chi connectivity index (χ4n) is 3.90. The van der Waals surface area contributed by atoms with Crippen LogP contribution in [0.3, 0.4) is 0 Å². The normalized spacial score (nSPS) is 17.6. The summed E-state index contributed by atoms with van der Waals surface area (Å²) in [5, 5.41) is 18.0. The third kappa shape index (κ3) is 7.54. The number of hydrogen-bond donors (Lipinski definition) is 6. The molecule has 0 bridgehead atoms. The predicted molar refractivity (Wildman–Crippen MR) is 140 cm³/mol. The van der Waals surface area contributed by atoms with Gasteiger partial charge >= 0.3 is 6.09 Å². The SMILES string of the molecule is CC(C)(C)OC(=O)N[C@H]1CCCC[C@H]1Nc1ncc(C(N)=O)c(Nc2ccc(N(N)CC=N)cc2)n1. The first kappa shape index (κ1) is 26.7. The molecule has 1 aliphatic carbocycles. The van der Waals surface area contributed by atoms with Crippen molar-refractivity contribution in [1.82, 2.24) is 15.3 Å². The average Bonchev–Trinajstić information content (AvgIpc) is 2.80. The Kier molecular flexibility index (Phi) is 8.64. The van der Waals surface area contributed by atoms with Gasteiger partial charge in [0.2, 0.25) is 5.95 Å². The van der Waals surface area contributed by atoms with E-state index in [1.165, 1.54) is 17.4 Å². The van der Waals surface area contributed by atoms with Gasteiger partial charge in [0.05, 0.1) is 18.3 Å². The van der Waals surface area contributed by atoms with E-state index in [0.717, 1.165) is 31.4 Å². The Morgan fingerprint density at radius 3 is 2.47 bits per heavy atom. The molecule has 36 heavy (non-hydrogen) atoms. The number of nitrogens with two attached hydrogens (primary N) is 2. The molecule has 0 saturated heterocycles. The fourth-order valence-corrected chi connectivity index (χ4v) is 3.90. The summed E-state index contributed by atoms with van der Waals surface area (Å²) in [4.78, 5) is 33.1. The van der Waals surface area contributed by atoms with Crippen molar-refractivity contribution in [3.05, 3.63) is 36.0 Å². The summed E-state index contributed by atoms with van der Waals surface area (Å²) in [6.45, 7) is 5.75. The zero-order valence-corrected chi connectivity index (χ0v) is 20.9. The fraction of sp³-hybridized carbons (Fsp3) is 0.458. The Hall–Kier alpha value is -3.93. The lowest BCUT2D eigenvalue weighted by atomic mass is 9.90. The molecule has 12 nitrogen and oxygen atoms in total. The number of anilines is 4. The number of amides is 2. The zero-order valence-electron chi connectivity index (χ0n) is 20.9. The summed E-state index contributed by atoms with van der Waals surface area (Å²) in [5.74, 6) is 5.79. The van der Waals surface area contributed by atoms with Gasteiger partial charge in [-0.15, -0.1) is 0 Å². The second-order valence-corrected chi connectivity index (χ2v) is 9.64. The number of hydrazine groups is 1. The zero-order chi connectivity index (χ0) is 26.3. The Bertz CT molecular complexity index is 1070. The van der Waals surface area contributed by atoms with Crippen molar-refractivity contribution in [3.8, 4) is 0 Å². The van der Waals surface area contributed by atoms with Crippen LogP contribution in [-0.4, -0.2) is 52.4 Å². The molecule has 2 amide bonds. The third-order valence-electron chi connectivity index (χ3n) is 5.59. The second kappa shape index (κ2) is 11.7. The number of nitrogens with zero attached hydrogens (tertiary/aromatic N) is 3. The van der Waals surface area contributed by atoms with Crippen LogP contribution in [-0.2, 0) is 4.74 Å². The molecule has 1 saturated carbocycles. The first-order valence-corrected chi connectivity index (χ1v) is 11.9. The van der Waals surface area contributed by atoms with Crippen molar-refractivity contribution in [3.63, 3.8) is 0 Å². The first-order valence-electron chi connectivity index (χ1n) is 11.9. The molecule has 1 aromatic carbocycles. The van der Waals surface area contributed by atoms with Crippen molar-refractivity contribution >= 4 is 41.4 Å². The highest BCUT2D eigenvalue weighted by atomic mass is 16.6. The highest BCUT2D eigenvalue weighted by Crippen LogP contribution is 2.25. The Labute approximate surface area is 210 Å². The molecule has 1 fully saturated rings. The van der Waals surface area contributed by atoms with Crippen LogP contribution in [0.4, 0.5) is 27.9 Å². The molecule has 0 radical (unpaired) electrons.